The van der Waals surface area contributed by atoms with Crippen molar-refractivity contribution < 1.29 is 4.79 Å². The molecule has 5 aliphatic rings. The van der Waals surface area contributed by atoms with Crippen molar-refractivity contribution in [2.45, 2.75) is 86.0 Å². The third-order valence-corrected chi connectivity index (χ3v) is 10.9. The summed E-state index contributed by atoms with van der Waals surface area (Å²) in [6.45, 7) is 12.4. The lowest BCUT2D eigenvalue weighted by Gasteiger charge is -2.49. The van der Waals surface area contributed by atoms with Crippen LogP contribution in [0.2, 0.25) is 0 Å². The fraction of sp³-hybridized carbons (Fsp3) is 0.958. The molecule has 0 aromatic heterocycles. The van der Waals surface area contributed by atoms with Crippen LogP contribution in [0.1, 0.15) is 86.0 Å². The standard InChI is InChI=1S/C24H38O/c1-14(2)16-7-9-22(4)13-20-17(12-19(16)22)21(25)24-11-6-15(3)18(24)8-10-23(20,24)5/h14-20H,6-13H2,1-5H3/t15-,16+,17+,18+,19+,20-,22-,23+,24-/m1/s1. The summed E-state index contributed by atoms with van der Waals surface area (Å²) in [6.07, 6.45) is 10.6. The molecule has 5 fully saturated rings. The number of carbonyl (C=O) groups is 1. The van der Waals surface area contributed by atoms with Gasteiger partial charge in [0.05, 0.1) is 0 Å². The van der Waals surface area contributed by atoms with Gasteiger partial charge in [0.25, 0.3) is 0 Å². The second kappa shape index (κ2) is 4.93. The summed E-state index contributed by atoms with van der Waals surface area (Å²) in [4.78, 5) is 13.9. The molecule has 0 amide bonds. The minimum atomic E-state index is 0.0874. The zero-order valence-corrected chi connectivity index (χ0v) is 17.1. The molecule has 0 aliphatic heterocycles. The van der Waals surface area contributed by atoms with Crippen LogP contribution in [0.15, 0.2) is 0 Å². The van der Waals surface area contributed by atoms with Gasteiger partial charge in [-0.15, -0.1) is 0 Å². The fourth-order valence-corrected chi connectivity index (χ4v) is 9.63. The summed E-state index contributed by atoms with van der Waals surface area (Å²) in [5.74, 6) is 5.82. The van der Waals surface area contributed by atoms with E-state index in [9.17, 15) is 4.79 Å². The number of hydrogen-bond donors (Lipinski definition) is 0. The first kappa shape index (κ1) is 16.8. The number of Topliss-reactive ketones (excluding diaryl/α,β-unsaturated/α-hetero) is 1. The smallest absolute Gasteiger partial charge is 0.143 e. The predicted molar refractivity (Wildman–Crippen MR) is 102 cm³/mol. The van der Waals surface area contributed by atoms with E-state index in [-0.39, 0.29) is 5.41 Å². The Morgan fingerprint density at radius 2 is 1.72 bits per heavy atom. The Morgan fingerprint density at radius 1 is 0.960 bits per heavy atom. The van der Waals surface area contributed by atoms with Gasteiger partial charge in [0, 0.05) is 11.3 Å². The van der Waals surface area contributed by atoms with Gasteiger partial charge < -0.3 is 0 Å². The largest absolute Gasteiger partial charge is 0.299 e. The van der Waals surface area contributed by atoms with Gasteiger partial charge in [-0.3, -0.25) is 4.79 Å². The Balaban J connectivity index is 1.55. The molecule has 1 heteroatoms. The van der Waals surface area contributed by atoms with Gasteiger partial charge in [0.1, 0.15) is 5.78 Å². The molecule has 5 aliphatic carbocycles. The van der Waals surface area contributed by atoms with Gasteiger partial charge in [0.2, 0.25) is 0 Å². The monoisotopic (exact) mass is 342 g/mol. The van der Waals surface area contributed by atoms with E-state index in [4.69, 9.17) is 0 Å². The normalized spacial score (nSPS) is 59.8. The molecular weight excluding hydrogens is 304 g/mol. The Hall–Kier alpha value is -0.330. The van der Waals surface area contributed by atoms with Crippen LogP contribution in [0, 0.1) is 57.7 Å². The van der Waals surface area contributed by atoms with Gasteiger partial charge in [0.15, 0.2) is 0 Å². The van der Waals surface area contributed by atoms with Crippen molar-refractivity contribution in [1.82, 2.24) is 0 Å². The SMILES string of the molecule is CC(C)[C@@H]1CC[C@]2(C)C[C@@H]3[C@H](C[C@@H]12)C(=O)[C@@]12CC[C@@H](C)[C@@H]1CC[C@@]32C. The van der Waals surface area contributed by atoms with E-state index in [0.717, 1.165) is 29.5 Å². The highest BCUT2D eigenvalue weighted by atomic mass is 16.1. The molecule has 5 saturated carbocycles. The van der Waals surface area contributed by atoms with Gasteiger partial charge in [-0.1, -0.05) is 34.6 Å². The van der Waals surface area contributed by atoms with E-state index in [0.29, 0.717) is 28.6 Å². The number of rotatable bonds is 1. The van der Waals surface area contributed by atoms with Crippen molar-refractivity contribution >= 4 is 5.78 Å². The molecule has 140 valence electrons. The summed E-state index contributed by atoms with van der Waals surface area (Å²) >= 11 is 0. The van der Waals surface area contributed by atoms with Crippen LogP contribution in [0.3, 0.4) is 0 Å². The Labute approximate surface area is 154 Å². The highest BCUT2D eigenvalue weighted by molar-refractivity contribution is 5.92. The molecule has 0 unspecified atom stereocenters. The Morgan fingerprint density at radius 3 is 2.44 bits per heavy atom. The van der Waals surface area contributed by atoms with Crippen LogP contribution in [0.25, 0.3) is 0 Å². The van der Waals surface area contributed by atoms with Crippen molar-refractivity contribution in [2.24, 2.45) is 57.7 Å². The molecular formula is C24H38O. The zero-order chi connectivity index (χ0) is 17.8. The summed E-state index contributed by atoms with van der Waals surface area (Å²) in [6, 6.07) is 0. The van der Waals surface area contributed by atoms with Gasteiger partial charge in [-0.05, 0) is 97.7 Å². The molecule has 1 nitrogen and oxygen atoms in total. The van der Waals surface area contributed by atoms with Gasteiger partial charge in [-0.2, -0.15) is 0 Å². The molecule has 0 saturated heterocycles. The molecule has 9 atom stereocenters. The number of carbonyl (C=O) groups excluding carboxylic acids is 1. The molecule has 1 spiro atoms. The van der Waals surface area contributed by atoms with Crippen LogP contribution in [0.5, 0.6) is 0 Å². The lowest BCUT2D eigenvalue weighted by molar-refractivity contribution is -0.133. The summed E-state index contributed by atoms with van der Waals surface area (Å²) in [7, 11) is 0. The molecule has 0 bridgehead atoms. The predicted octanol–water partition coefficient (Wildman–Crippen LogP) is 6.12. The van der Waals surface area contributed by atoms with Crippen molar-refractivity contribution in [3.8, 4) is 0 Å². The quantitative estimate of drug-likeness (QED) is 0.561. The first-order valence-corrected chi connectivity index (χ1v) is 11.3. The lowest BCUT2D eigenvalue weighted by Crippen LogP contribution is -2.42. The van der Waals surface area contributed by atoms with Gasteiger partial charge in [-0.25, -0.2) is 0 Å². The second-order valence-electron chi connectivity index (χ2n) is 11.8. The highest BCUT2D eigenvalue weighted by Gasteiger charge is 2.75. The molecule has 0 aromatic carbocycles. The van der Waals surface area contributed by atoms with E-state index in [1.54, 1.807) is 0 Å². The van der Waals surface area contributed by atoms with Crippen molar-refractivity contribution in [1.29, 1.82) is 0 Å². The minimum absolute atomic E-state index is 0.0874. The first-order chi connectivity index (χ1) is 11.7. The van der Waals surface area contributed by atoms with E-state index in [1.165, 1.54) is 51.4 Å². The molecule has 0 heterocycles. The Bertz CT molecular complexity index is 607. The van der Waals surface area contributed by atoms with E-state index >= 15 is 0 Å². The highest BCUT2D eigenvalue weighted by Crippen LogP contribution is 2.77. The summed E-state index contributed by atoms with van der Waals surface area (Å²) < 4.78 is 0. The van der Waals surface area contributed by atoms with Crippen LogP contribution in [-0.4, -0.2) is 5.78 Å². The number of fused-ring (bicyclic) bond motifs is 3. The van der Waals surface area contributed by atoms with Crippen molar-refractivity contribution in [3.05, 3.63) is 0 Å². The van der Waals surface area contributed by atoms with Crippen LogP contribution in [0.4, 0.5) is 0 Å². The number of hydrogen-bond acceptors (Lipinski definition) is 1. The first-order valence-electron chi connectivity index (χ1n) is 11.3. The average Bonchev–Trinajstić information content (AvgIpc) is 3.20. The van der Waals surface area contributed by atoms with Crippen LogP contribution < -0.4 is 0 Å². The van der Waals surface area contributed by atoms with E-state index in [1.807, 2.05) is 0 Å². The second-order valence-corrected chi connectivity index (χ2v) is 11.8. The average molecular weight is 343 g/mol. The van der Waals surface area contributed by atoms with Gasteiger partial charge >= 0.3 is 0 Å². The fourth-order valence-electron chi connectivity index (χ4n) is 9.63. The molecule has 0 aromatic rings. The third-order valence-electron chi connectivity index (χ3n) is 10.9. The van der Waals surface area contributed by atoms with Crippen LogP contribution >= 0.6 is 0 Å². The lowest BCUT2D eigenvalue weighted by atomic mass is 9.55. The maximum atomic E-state index is 13.9. The molecule has 5 rings (SSSR count). The zero-order valence-electron chi connectivity index (χ0n) is 17.1. The van der Waals surface area contributed by atoms with E-state index in [2.05, 4.69) is 34.6 Å². The van der Waals surface area contributed by atoms with Crippen molar-refractivity contribution in [2.75, 3.05) is 0 Å². The molecule has 0 N–H and O–H groups in total. The maximum absolute atomic E-state index is 13.9. The molecule has 25 heavy (non-hydrogen) atoms. The van der Waals surface area contributed by atoms with Crippen molar-refractivity contribution in [3.63, 3.8) is 0 Å². The van der Waals surface area contributed by atoms with Crippen LogP contribution in [-0.2, 0) is 4.79 Å². The number of ketones is 1. The topological polar surface area (TPSA) is 17.1 Å². The summed E-state index contributed by atoms with van der Waals surface area (Å²) in [5.41, 5.74) is 0.936. The van der Waals surface area contributed by atoms with E-state index < -0.39 is 0 Å². The summed E-state index contributed by atoms with van der Waals surface area (Å²) in [5, 5.41) is 0. The minimum Gasteiger partial charge on any atom is -0.299 e. The third kappa shape index (κ3) is 1.75. The Kier molecular flexibility index (Phi) is 3.32. The molecule has 0 radical (unpaired) electrons. The maximum Gasteiger partial charge on any atom is 0.143 e.